The Kier molecular flexibility index (Phi) is 6.25. The van der Waals surface area contributed by atoms with Gasteiger partial charge in [-0.25, -0.2) is 22.3 Å². The highest BCUT2D eigenvalue weighted by Gasteiger charge is 2.23. The van der Waals surface area contributed by atoms with E-state index in [9.17, 15) is 22.7 Å². The molecule has 8 heteroatoms. The number of carbonyl (C=O) groups is 1. The molecule has 1 aromatic rings. The largest absolute Gasteiger partial charge is 0.465 e. The number of ether oxygens (including phenoxy) is 1. The van der Waals surface area contributed by atoms with Gasteiger partial charge in [0.15, 0.2) is 0 Å². The molecule has 0 aliphatic carbocycles. The standard InChI is InChI=1S/C13H18FNO5S/c1-3-10(16)6-7-15-21(18,19)12-8-9(14)4-5-11(12)13(17)20-2/h4-5,8,10,15-16H,3,6-7H2,1-2H3. The van der Waals surface area contributed by atoms with Crippen LogP contribution in [-0.4, -0.2) is 39.3 Å². The van der Waals surface area contributed by atoms with E-state index < -0.39 is 32.8 Å². The zero-order valence-electron chi connectivity index (χ0n) is 11.8. The number of rotatable bonds is 7. The van der Waals surface area contributed by atoms with E-state index in [2.05, 4.69) is 9.46 Å². The molecule has 0 fully saturated rings. The fourth-order valence-electron chi connectivity index (χ4n) is 1.64. The van der Waals surface area contributed by atoms with Crippen molar-refractivity contribution in [3.8, 4) is 0 Å². The summed E-state index contributed by atoms with van der Waals surface area (Å²) in [5.74, 6) is -1.65. The number of hydrogen-bond acceptors (Lipinski definition) is 5. The van der Waals surface area contributed by atoms with Gasteiger partial charge >= 0.3 is 5.97 Å². The Morgan fingerprint density at radius 3 is 2.71 bits per heavy atom. The third kappa shape index (κ3) is 4.76. The number of esters is 1. The Morgan fingerprint density at radius 2 is 2.14 bits per heavy atom. The van der Waals surface area contributed by atoms with E-state index in [1.165, 1.54) is 0 Å². The number of aliphatic hydroxyl groups is 1. The number of aliphatic hydroxyl groups excluding tert-OH is 1. The molecule has 0 aromatic heterocycles. The van der Waals surface area contributed by atoms with Crippen LogP contribution in [0, 0.1) is 5.82 Å². The molecule has 1 unspecified atom stereocenters. The monoisotopic (exact) mass is 319 g/mol. The van der Waals surface area contributed by atoms with Gasteiger partial charge in [0.25, 0.3) is 0 Å². The Balaban J connectivity index is 3.01. The van der Waals surface area contributed by atoms with E-state index in [4.69, 9.17) is 0 Å². The second-order valence-corrected chi connectivity index (χ2v) is 6.12. The van der Waals surface area contributed by atoms with Crippen LogP contribution in [0.25, 0.3) is 0 Å². The minimum Gasteiger partial charge on any atom is -0.465 e. The van der Waals surface area contributed by atoms with Crippen molar-refractivity contribution in [3.05, 3.63) is 29.6 Å². The molecule has 1 aromatic carbocycles. The second kappa shape index (κ2) is 7.48. The summed E-state index contributed by atoms with van der Waals surface area (Å²) in [7, 11) is -2.97. The molecule has 2 N–H and O–H groups in total. The quantitative estimate of drug-likeness (QED) is 0.733. The molecule has 0 radical (unpaired) electrons. The maximum atomic E-state index is 13.3. The number of methoxy groups -OCH3 is 1. The lowest BCUT2D eigenvalue weighted by molar-refractivity contribution is 0.0596. The molecule has 0 saturated heterocycles. The third-order valence-corrected chi connectivity index (χ3v) is 4.38. The van der Waals surface area contributed by atoms with Gasteiger partial charge in [0.1, 0.15) is 5.82 Å². The first kappa shape index (κ1) is 17.5. The van der Waals surface area contributed by atoms with E-state index in [1.807, 2.05) is 0 Å². The molecule has 0 aliphatic rings. The van der Waals surface area contributed by atoms with Crippen LogP contribution in [0.3, 0.4) is 0 Å². The number of hydrogen-bond donors (Lipinski definition) is 2. The van der Waals surface area contributed by atoms with Crippen LogP contribution in [0.5, 0.6) is 0 Å². The molecule has 6 nitrogen and oxygen atoms in total. The summed E-state index contributed by atoms with van der Waals surface area (Å²) in [6, 6.07) is 2.79. The van der Waals surface area contributed by atoms with Gasteiger partial charge < -0.3 is 9.84 Å². The van der Waals surface area contributed by atoms with Gasteiger partial charge in [-0.15, -0.1) is 0 Å². The molecule has 21 heavy (non-hydrogen) atoms. The van der Waals surface area contributed by atoms with E-state index >= 15 is 0 Å². The smallest absolute Gasteiger partial charge is 0.339 e. The average molecular weight is 319 g/mol. The van der Waals surface area contributed by atoms with Gasteiger partial charge in [0.2, 0.25) is 10.0 Å². The molecule has 0 heterocycles. The fraction of sp³-hybridized carbons (Fsp3) is 0.462. The van der Waals surface area contributed by atoms with E-state index in [1.54, 1.807) is 6.92 Å². The second-order valence-electron chi connectivity index (χ2n) is 4.38. The van der Waals surface area contributed by atoms with Gasteiger partial charge in [0, 0.05) is 6.54 Å². The molecule has 1 rings (SSSR count). The summed E-state index contributed by atoms with van der Waals surface area (Å²) < 4.78 is 44.2. The highest BCUT2D eigenvalue weighted by atomic mass is 32.2. The predicted octanol–water partition coefficient (Wildman–Crippen LogP) is 1.05. The number of benzene rings is 1. The van der Waals surface area contributed by atoms with Gasteiger partial charge in [0.05, 0.1) is 23.7 Å². The van der Waals surface area contributed by atoms with Gasteiger partial charge in [-0.2, -0.15) is 0 Å². The van der Waals surface area contributed by atoms with Crippen molar-refractivity contribution >= 4 is 16.0 Å². The van der Waals surface area contributed by atoms with Crippen molar-refractivity contribution in [2.45, 2.75) is 30.8 Å². The fourth-order valence-corrected chi connectivity index (χ4v) is 2.89. The van der Waals surface area contributed by atoms with Crippen LogP contribution in [0.15, 0.2) is 23.1 Å². The van der Waals surface area contributed by atoms with Crippen molar-refractivity contribution in [2.24, 2.45) is 0 Å². The topological polar surface area (TPSA) is 92.7 Å². The summed E-state index contributed by atoms with van der Waals surface area (Å²) >= 11 is 0. The van der Waals surface area contributed by atoms with E-state index in [0.29, 0.717) is 6.42 Å². The summed E-state index contributed by atoms with van der Waals surface area (Å²) in [5.41, 5.74) is -0.248. The van der Waals surface area contributed by atoms with Gasteiger partial charge in [-0.05, 0) is 31.0 Å². The van der Waals surface area contributed by atoms with Gasteiger partial charge in [-0.3, -0.25) is 0 Å². The Hall–Kier alpha value is -1.51. The van der Waals surface area contributed by atoms with Crippen molar-refractivity contribution in [2.75, 3.05) is 13.7 Å². The summed E-state index contributed by atoms with van der Waals surface area (Å²) in [6.07, 6.45) is 0.0912. The van der Waals surface area contributed by atoms with Crippen LogP contribution in [0.4, 0.5) is 4.39 Å². The molecular formula is C13H18FNO5S. The summed E-state index contributed by atoms with van der Waals surface area (Å²) in [5, 5.41) is 9.38. The minimum atomic E-state index is -4.07. The molecule has 0 amide bonds. The third-order valence-electron chi connectivity index (χ3n) is 2.88. The maximum Gasteiger partial charge on any atom is 0.339 e. The number of carbonyl (C=O) groups excluding carboxylic acids is 1. The Morgan fingerprint density at radius 1 is 1.48 bits per heavy atom. The van der Waals surface area contributed by atoms with Crippen LogP contribution in [0.1, 0.15) is 30.1 Å². The van der Waals surface area contributed by atoms with Gasteiger partial charge in [-0.1, -0.05) is 6.92 Å². The summed E-state index contributed by atoms with van der Waals surface area (Å²) in [6.45, 7) is 1.75. The predicted molar refractivity (Wildman–Crippen MR) is 73.8 cm³/mol. The van der Waals surface area contributed by atoms with Crippen LogP contribution >= 0.6 is 0 Å². The minimum absolute atomic E-state index is 0.0194. The first-order valence-corrected chi connectivity index (χ1v) is 7.85. The number of sulfonamides is 1. The molecule has 1 atom stereocenters. The van der Waals surface area contributed by atoms with Crippen molar-refractivity contribution in [1.29, 1.82) is 0 Å². The van der Waals surface area contributed by atoms with Crippen LogP contribution in [-0.2, 0) is 14.8 Å². The highest BCUT2D eigenvalue weighted by molar-refractivity contribution is 7.89. The van der Waals surface area contributed by atoms with Crippen molar-refractivity contribution in [3.63, 3.8) is 0 Å². The average Bonchev–Trinajstić information content (AvgIpc) is 2.45. The number of nitrogens with one attached hydrogen (secondary N) is 1. The van der Waals surface area contributed by atoms with E-state index in [0.717, 1.165) is 25.3 Å². The highest BCUT2D eigenvalue weighted by Crippen LogP contribution is 2.18. The van der Waals surface area contributed by atoms with Crippen molar-refractivity contribution < 1.29 is 27.4 Å². The summed E-state index contributed by atoms with van der Waals surface area (Å²) in [4.78, 5) is 11.1. The van der Waals surface area contributed by atoms with E-state index in [-0.39, 0.29) is 18.5 Å². The molecule has 0 bridgehead atoms. The first-order valence-electron chi connectivity index (χ1n) is 6.37. The molecule has 0 aliphatic heterocycles. The normalized spacial score (nSPS) is 13.0. The molecule has 118 valence electrons. The number of halogens is 1. The van der Waals surface area contributed by atoms with Crippen molar-refractivity contribution in [1.82, 2.24) is 4.72 Å². The lowest BCUT2D eigenvalue weighted by Crippen LogP contribution is -2.28. The first-order chi connectivity index (χ1) is 9.81. The molecule has 0 spiro atoms. The lowest BCUT2D eigenvalue weighted by Gasteiger charge is -2.12. The maximum absolute atomic E-state index is 13.3. The SMILES string of the molecule is CCC(O)CCNS(=O)(=O)c1cc(F)ccc1C(=O)OC. The Bertz CT molecular complexity index is 603. The van der Waals surface area contributed by atoms with Crippen LogP contribution in [0.2, 0.25) is 0 Å². The Labute approximate surface area is 123 Å². The molecular weight excluding hydrogens is 301 g/mol. The zero-order valence-corrected chi connectivity index (χ0v) is 12.6. The zero-order chi connectivity index (χ0) is 16.0. The lowest BCUT2D eigenvalue weighted by atomic mass is 10.2. The van der Waals surface area contributed by atoms with Crippen LogP contribution < -0.4 is 4.72 Å². The molecule has 0 saturated carbocycles.